The van der Waals surface area contributed by atoms with Gasteiger partial charge in [0.2, 0.25) is 12.3 Å². The van der Waals surface area contributed by atoms with Crippen LogP contribution in [0, 0.1) is 6.92 Å². The van der Waals surface area contributed by atoms with Gasteiger partial charge in [-0.3, -0.25) is 4.79 Å². The van der Waals surface area contributed by atoms with Gasteiger partial charge in [0.25, 0.3) is 0 Å². The van der Waals surface area contributed by atoms with Crippen LogP contribution < -0.4 is 10.1 Å². The maximum Gasteiger partial charge on any atom is 0.408 e. The van der Waals surface area contributed by atoms with E-state index in [0.29, 0.717) is 32.5 Å². The topological polar surface area (TPSA) is 116 Å². The second kappa shape index (κ2) is 17.7. The average Bonchev–Trinajstić information content (AvgIpc) is 3.63. The summed E-state index contributed by atoms with van der Waals surface area (Å²) in [6.45, 7) is 15.3. The van der Waals surface area contributed by atoms with E-state index in [9.17, 15) is 14.4 Å². The minimum atomic E-state index is -0.870. The number of aryl methyl sites for hydroxylation is 1. The molecule has 1 aromatic carbocycles. The van der Waals surface area contributed by atoms with Gasteiger partial charge in [-0.2, -0.15) is 0 Å². The molecule has 2 heterocycles. The van der Waals surface area contributed by atoms with Gasteiger partial charge in [0.05, 0.1) is 19.8 Å². The first-order valence-corrected chi connectivity index (χ1v) is 16.6. The minimum absolute atomic E-state index is 0.146. The molecule has 11 nitrogen and oxygen atoms in total. The van der Waals surface area contributed by atoms with Crippen LogP contribution in [-0.4, -0.2) is 85.3 Å². The first kappa shape index (κ1) is 37.3. The molecule has 2 aliphatic heterocycles. The molecule has 0 radical (unpaired) electrons. The summed E-state index contributed by atoms with van der Waals surface area (Å²) in [4.78, 5) is 43.2. The van der Waals surface area contributed by atoms with Gasteiger partial charge >= 0.3 is 12.1 Å². The van der Waals surface area contributed by atoms with E-state index in [-0.39, 0.29) is 18.9 Å². The number of carbonyl (C=O) groups is 3. The molecule has 258 valence electrons. The summed E-state index contributed by atoms with van der Waals surface area (Å²) in [5.41, 5.74) is 2.64. The van der Waals surface area contributed by atoms with E-state index < -0.39 is 42.3 Å². The number of hydrogen-bond acceptors (Lipinski definition) is 9. The lowest BCUT2D eigenvalue weighted by Gasteiger charge is -2.30. The summed E-state index contributed by atoms with van der Waals surface area (Å²) < 4.78 is 29.0. The number of ether oxygens (including phenoxy) is 5. The molecular weight excluding hydrogens is 590 g/mol. The lowest BCUT2D eigenvalue weighted by Crippen LogP contribution is -2.52. The van der Waals surface area contributed by atoms with E-state index in [1.807, 2.05) is 6.08 Å². The number of alkyl carbamates (subject to hydrolysis) is 1. The van der Waals surface area contributed by atoms with Crippen molar-refractivity contribution in [2.45, 2.75) is 129 Å². The summed E-state index contributed by atoms with van der Waals surface area (Å²) in [5.74, 6) is 0.0102. The van der Waals surface area contributed by atoms with Gasteiger partial charge in [0, 0.05) is 38.7 Å². The zero-order chi connectivity index (χ0) is 33.9. The van der Waals surface area contributed by atoms with Crippen molar-refractivity contribution in [3.8, 4) is 5.75 Å². The molecule has 1 aromatic rings. The number of carbonyl (C=O) groups excluding carboxylic acids is 3. The fourth-order valence-electron chi connectivity index (χ4n) is 5.93. The van der Waals surface area contributed by atoms with Gasteiger partial charge in [-0.05, 0) is 64.5 Å². The molecule has 4 atom stereocenters. The Hall–Kier alpha value is -3.15. The number of nitrogens with zero attached hydrogens (tertiary/aromatic N) is 2. The minimum Gasteiger partial charge on any atom is -0.493 e. The Balaban J connectivity index is 1.74. The first-order valence-electron chi connectivity index (χ1n) is 16.6. The van der Waals surface area contributed by atoms with Crippen molar-refractivity contribution >= 4 is 18.0 Å². The van der Waals surface area contributed by atoms with Gasteiger partial charge in [-0.25, -0.2) is 14.5 Å². The zero-order valence-electron chi connectivity index (χ0n) is 28.9. The third-order valence-electron chi connectivity index (χ3n) is 8.25. The van der Waals surface area contributed by atoms with E-state index in [1.54, 1.807) is 27.9 Å². The van der Waals surface area contributed by atoms with Crippen molar-refractivity contribution in [1.82, 2.24) is 15.1 Å². The summed E-state index contributed by atoms with van der Waals surface area (Å²) >= 11 is 0. The number of fused-ring (bicyclic) bond motifs is 1. The average molecular weight is 646 g/mol. The van der Waals surface area contributed by atoms with E-state index in [1.165, 1.54) is 12.0 Å². The molecule has 0 spiro atoms. The molecule has 1 N–H and O–H groups in total. The number of amides is 2. The van der Waals surface area contributed by atoms with Crippen molar-refractivity contribution in [3.63, 3.8) is 0 Å². The lowest BCUT2D eigenvalue weighted by atomic mass is 10.1. The Kier molecular flexibility index (Phi) is 14.3. The van der Waals surface area contributed by atoms with Gasteiger partial charge in [0.1, 0.15) is 23.4 Å². The highest BCUT2D eigenvalue weighted by molar-refractivity contribution is 5.90. The number of nitrogens with one attached hydrogen (secondary N) is 1. The maximum absolute atomic E-state index is 14.0. The molecule has 0 saturated carbocycles. The Morgan fingerprint density at radius 3 is 2.52 bits per heavy atom. The molecule has 2 aliphatic rings. The number of methoxy groups -OCH3 is 2. The lowest BCUT2D eigenvalue weighted by molar-refractivity contribution is -0.233. The van der Waals surface area contributed by atoms with Gasteiger partial charge in [0.15, 0.2) is 0 Å². The third kappa shape index (κ3) is 10.4. The molecule has 0 aliphatic carbocycles. The molecule has 11 heteroatoms. The summed E-state index contributed by atoms with van der Waals surface area (Å²) in [6.07, 6.45) is 6.05. The highest BCUT2D eigenvalue weighted by Crippen LogP contribution is 2.36. The number of rotatable bonds is 17. The quantitative estimate of drug-likeness (QED) is 0.0999. The Morgan fingerprint density at radius 2 is 1.87 bits per heavy atom. The van der Waals surface area contributed by atoms with Crippen molar-refractivity contribution in [2.75, 3.05) is 27.4 Å². The van der Waals surface area contributed by atoms with Crippen LogP contribution in [0.4, 0.5) is 4.79 Å². The van der Waals surface area contributed by atoms with E-state index in [2.05, 4.69) is 42.8 Å². The van der Waals surface area contributed by atoms with Gasteiger partial charge < -0.3 is 33.9 Å². The van der Waals surface area contributed by atoms with Crippen LogP contribution >= 0.6 is 0 Å². The molecule has 1 unspecified atom stereocenters. The van der Waals surface area contributed by atoms with E-state index in [4.69, 9.17) is 23.7 Å². The van der Waals surface area contributed by atoms with Crippen molar-refractivity contribution in [1.29, 1.82) is 0 Å². The molecule has 1 saturated heterocycles. The molecule has 2 amide bonds. The number of likely N-dealkylation sites (tertiary alicyclic amines) is 1. The van der Waals surface area contributed by atoms with Gasteiger partial charge in [-0.1, -0.05) is 44.4 Å². The van der Waals surface area contributed by atoms with Crippen molar-refractivity contribution < 1.29 is 38.1 Å². The number of allylic oxidation sites excluding steroid dienone is 1. The Bertz CT molecular complexity index is 1180. The SMILES string of the molecule is C=CCCCCC[C@H](NC(=O)OC(C)(C)C)C(=O)N1C[C@H](OC(OC)N2Cc3ccc(C)c(OCCCC)c3C2)C[C@H]1C(=O)OC. The smallest absolute Gasteiger partial charge is 0.408 e. The standard InChI is InChI=1S/C35H55N3O8/c1-9-11-13-14-15-16-28(36-33(41)46-35(4,5)6)31(39)38-22-26(20-29(38)32(40)42-7)45-34(43-8)37-21-25-18-17-24(3)30(27(25)23-37)44-19-12-10-2/h9,17-18,26,28-29,34H,1,10-16,19-23H2,2-8H3,(H,36,41)/t26-,28+,29+,34?/m1/s1. The second-order valence-corrected chi connectivity index (χ2v) is 13.1. The van der Waals surface area contributed by atoms with Crippen LogP contribution in [0.25, 0.3) is 0 Å². The molecule has 1 fully saturated rings. The predicted molar refractivity (Wildman–Crippen MR) is 175 cm³/mol. The fourth-order valence-corrected chi connectivity index (χ4v) is 5.93. The van der Waals surface area contributed by atoms with Crippen LogP contribution in [-0.2, 0) is 41.6 Å². The second-order valence-electron chi connectivity index (χ2n) is 13.1. The van der Waals surface area contributed by atoms with Gasteiger partial charge in [-0.15, -0.1) is 6.58 Å². The van der Waals surface area contributed by atoms with Crippen LogP contribution in [0.15, 0.2) is 24.8 Å². The highest BCUT2D eigenvalue weighted by atomic mass is 16.7. The van der Waals surface area contributed by atoms with E-state index in [0.717, 1.165) is 54.5 Å². The zero-order valence-corrected chi connectivity index (χ0v) is 28.9. The normalized spacial score (nSPS) is 19.3. The Labute approximate surface area is 274 Å². The number of hydrogen-bond donors (Lipinski definition) is 1. The van der Waals surface area contributed by atoms with E-state index >= 15 is 0 Å². The molecular formula is C35H55N3O8. The predicted octanol–water partition coefficient (Wildman–Crippen LogP) is 5.61. The van der Waals surface area contributed by atoms with Crippen LogP contribution in [0.5, 0.6) is 5.75 Å². The van der Waals surface area contributed by atoms with Crippen LogP contribution in [0.3, 0.4) is 0 Å². The summed E-state index contributed by atoms with van der Waals surface area (Å²) in [6, 6.07) is 2.46. The third-order valence-corrected chi connectivity index (χ3v) is 8.25. The van der Waals surface area contributed by atoms with Crippen LogP contribution in [0.2, 0.25) is 0 Å². The number of unbranched alkanes of at least 4 members (excludes halogenated alkanes) is 4. The molecule has 0 aromatic heterocycles. The fraction of sp³-hybridized carbons (Fsp3) is 0.686. The maximum atomic E-state index is 14.0. The monoisotopic (exact) mass is 645 g/mol. The Morgan fingerprint density at radius 1 is 1.11 bits per heavy atom. The largest absolute Gasteiger partial charge is 0.493 e. The highest BCUT2D eigenvalue weighted by Gasteiger charge is 2.45. The molecule has 0 bridgehead atoms. The number of benzene rings is 1. The summed E-state index contributed by atoms with van der Waals surface area (Å²) in [7, 11) is 2.89. The van der Waals surface area contributed by atoms with Crippen molar-refractivity contribution in [3.05, 3.63) is 41.5 Å². The molecule has 3 rings (SSSR count). The van der Waals surface area contributed by atoms with Crippen molar-refractivity contribution in [2.24, 2.45) is 0 Å². The van der Waals surface area contributed by atoms with Crippen LogP contribution in [0.1, 0.15) is 95.8 Å². The summed E-state index contributed by atoms with van der Waals surface area (Å²) in [5, 5.41) is 2.76. The number of esters is 1. The first-order chi connectivity index (χ1) is 21.9. The molecule has 46 heavy (non-hydrogen) atoms.